The summed E-state index contributed by atoms with van der Waals surface area (Å²) in [4.78, 5) is 18.6. The van der Waals surface area contributed by atoms with Crippen LogP contribution in [-0.4, -0.2) is 17.9 Å². The van der Waals surface area contributed by atoms with Gasteiger partial charge in [0.1, 0.15) is 0 Å². The van der Waals surface area contributed by atoms with Gasteiger partial charge < -0.3 is 4.90 Å². The third-order valence-corrected chi connectivity index (χ3v) is 4.61. The van der Waals surface area contributed by atoms with Gasteiger partial charge in [0, 0.05) is 22.5 Å². The summed E-state index contributed by atoms with van der Waals surface area (Å²) in [5.74, 6) is 0.228. The number of fused-ring (bicyclic) bond motifs is 4. The van der Waals surface area contributed by atoms with E-state index in [0.29, 0.717) is 0 Å². The zero-order valence-corrected chi connectivity index (χ0v) is 11.5. The summed E-state index contributed by atoms with van der Waals surface area (Å²) in [6.45, 7) is 0. The lowest BCUT2D eigenvalue weighted by Crippen LogP contribution is -2.28. The Kier molecular flexibility index (Phi) is 1.82. The van der Waals surface area contributed by atoms with Gasteiger partial charge in [-0.05, 0) is 31.0 Å². The molecule has 1 aromatic carbocycles. The summed E-state index contributed by atoms with van der Waals surface area (Å²) in [6.07, 6.45) is 3.76. The van der Waals surface area contributed by atoms with Gasteiger partial charge in [-0.15, -0.1) is 0 Å². The Hall–Kier alpha value is -1.42. The smallest absolute Gasteiger partial charge is 0.237 e. The molecule has 4 heteroatoms. The van der Waals surface area contributed by atoms with Crippen LogP contribution >= 0.6 is 15.9 Å². The molecule has 1 saturated carbocycles. The highest BCUT2D eigenvalue weighted by Crippen LogP contribution is 2.58. The number of carbonyl (C=O) groups is 1. The Morgan fingerprint density at radius 3 is 2.89 bits per heavy atom. The van der Waals surface area contributed by atoms with Crippen molar-refractivity contribution in [1.82, 2.24) is 4.98 Å². The number of hydrogen-bond acceptors (Lipinski definition) is 2. The first-order valence-electron chi connectivity index (χ1n) is 6.00. The molecule has 2 aliphatic rings. The van der Waals surface area contributed by atoms with Crippen LogP contribution in [0.2, 0.25) is 0 Å². The van der Waals surface area contributed by atoms with Gasteiger partial charge in [-0.25, -0.2) is 0 Å². The summed E-state index contributed by atoms with van der Waals surface area (Å²) in [5, 5.41) is 1.11. The van der Waals surface area contributed by atoms with Crippen LogP contribution in [0.1, 0.15) is 18.4 Å². The number of carbonyl (C=O) groups excluding carboxylic acids is 1. The molecule has 18 heavy (non-hydrogen) atoms. The Balaban J connectivity index is 2.15. The largest absolute Gasteiger partial charge is 0.313 e. The van der Waals surface area contributed by atoms with E-state index in [1.807, 2.05) is 25.4 Å². The van der Waals surface area contributed by atoms with Crippen molar-refractivity contribution in [3.63, 3.8) is 0 Å². The predicted molar refractivity (Wildman–Crippen MR) is 73.8 cm³/mol. The number of nitrogens with zero attached hydrogens (tertiary/aromatic N) is 2. The first kappa shape index (κ1) is 10.5. The number of halogens is 1. The molecule has 2 aromatic rings. The summed E-state index contributed by atoms with van der Waals surface area (Å²) < 4.78 is 1.03. The summed E-state index contributed by atoms with van der Waals surface area (Å²) in [6, 6.07) is 6.06. The molecular weight excluding hydrogens is 292 g/mol. The van der Waals surface area contributed by atoms with Crippen LogP contribution in [-0.2, 0) is 10.2 Å². The highest BCUT2D eigenvalue weighted by atomic mass is 79.9. The van der Waals surface area contributed by atoms with E-state index in [1.165, 1.54) is 5.56 Å². The average molecular weight is 303 g/mol. The number of pyridine rings is 1. The van der Waals surface area contributed by atoms with E-state index in [-0.39, 0.29) is 11.3 Å². The third-order valence-electron chi connectivity index (χ3n) is 4.11. The van der Waals surface area contributed by atoms with Crippen LogP contribution in [0.4, 0.5) is 5.69 Å². The van der Waals surface area contributed by atoms with E-state index in [0.717, 1.165) is 33.9 Å². The third kappa shape index (κ3) is 1.09. The van der Waals surface area contributed by atoms with Crippen molar-refractivity contribution < 1.29 is 4.79 Å². The van der Waals surface area contributed by atoms with Gasteiger partial charge in [0.15, 0.2) is 0 Å². The van der Waals surface area contributed by atoms with Gasteiger partial charge in [-0.1, -0.05) is 15.9 Å². The van der Waals surface area contributed by atoms with E-state index < -0.39 is 0 Å². The summed E-state index contributed by atoms with van der Waals surface area (Å²) >= 11 is 3.50. The highest BCUT2D eigenvalue weighted by molar-refractivity contribution is 9.10. The predicted octanol–water partition coefficient (Wildman–Crippen LogP) is 3.01. The average Bonchev–Trinajstić information content (AvgIpc) is 3.13. The number of aromatic nitrogens is 1. The molecule has 1 fully saturated rings. The van der Waals surface area contributed by atoms with Gasteiger partial charge in [0.05, 0.1) is 22.8 Å². The van der Waals surface area contributed by atoms with Crippen LogP contribution in [0.3, 0.4) is 0 Å². The minimum Gasteiger partial charge on any atom is -0.313 e. The molecule has 4 rings (SSSR count). The minimum atomic E-state index is -0.244. The molecule has 1 aromatic heterocycles. The molecule has 2 heterocycles. The number of likely N-dealkylation sites (N-methyl/N-ethyl adjacent to an activating group) is 1. The number of benzene rings is 1. The molecule has 0 saturated heterocycles. The monoisotopic (exact) mass is 302 g/mol. The molecule has 0 atom stereocenters. The fraction of sp³-hybridized carbons (Fsp3) is 0.286. The molecule has 1 amide bonds. The highest BCUT2D eigenvalue weighted by Gasteiger charge is 2.59. The molecule has 90 valence electrons. The maximum Gasteiger partial charge on any atom is 0.237 e. The van der Waals surface area contributed by atoms with E-state index in [1.54, 1.807) is 4.90 Å². The SMILES string of the molecule is CN1C(=O)C2(CC2)c2c1cnc1ccc(Br)cc21. The molecule has 1 aliphatic carbocycles. The topological polar surface area (TPSA) is 33.2 Å². The molecule has 0 radical (unpaired) electrons. The van der Waals surface area contributed by atoms with E-state index in [9.17, 15) is 4.79 Å². The summed E-state index contributed by atoms with van der Waals surface area (Å²) in [5.41, 5.74) is 2.88. The van der Waals surface area contributed by atoms with Crippen molar-refractivity contribution in [2.24, 2.45) is 0 Å². The molecule has 1 spiro atoms. The number of amides is 1. The van der Waals surface area contributed by atoms with E-state index in [4.69, 9.17) is 0 Å². The normalized spacial score (nSPS) is 19.7. The first-order valence-corrected chi connectivity index (χ1v) is 6.80. The molecular formula is C14H11BrN2O. The fourth-order valence-corrected chi connectivity index (χ4v) is 3.40. The second-order valence-electron chi connectivity index (χ2n) is 5.13. The quantitative estimate of drug-likeness (QED) is 0.749. The lowest BCUT2D eigenvalue weighted by Gasteiger charge is -2.09. The van der Waals surface area contributed by atoms with Gasteiger partial charge >= 0.3 is 0 Å². The van der Waals surface area contributed by atoms with E-state index in [2.05, 4.69) is 27.0 Å². The molecule has 3 nitrogen and oxygen atoms in total. The molecule has 0 unspecified atom stereocenters. The molecule has 0 bridgehead atoms. The van der Waals surface area contributed by atoms with Crippen molar-refractivity contribution in [3.8, 4) is 0 Å². The van der Waals surface area contributed by atoms with Crippen LogP contribution in [0.5, 0.6) is 0 Å². The van der Waals surface area contributed by atoms with Crippen molar-refractivity contribution >= 4 is 38.4 Å². The second-order valence-corrected chi connectivity index (χ2v) is 6.04. The minimum absolute atomic E-state index is 0.228. The van der Waals surface area contributed by atoms with Gasteiger partial charge in [-0.2, -0.15) is 0 Å². The van der Waals surface area contributed by atoms with Crippen molar-refractivity contribution in [2.45, 2.75) is 18.3 Å². The van der Waals surface area contributed by atoms with Crippen molar-refractivity contribution in [1.29, 1.82) is 0 Å². The van der Waals surface area contributed by atoms with Crippen LogP contribution in [0, 0.1) is 0 Å². The standard InChI is InChI=1S/C14H11BrN2O/c1-17-11-7-16-10-3-2-8(15)6-9(10)12(11)14(4-5-14)13(17)18/h2-3,6-7H,4-5H2,1H3. The van der Waals surface area contributed by atoms with Gasteiger partial charge in [0.25, 0.3) is 0 Å². The maximum absolute atomic E-state index is 12.4. The van der Waals surface area contributed by atoms with Crippen molar-refractivity contribution in [3.05, 3.63) is 34.4 Å². The Morgan fingerprint density at radius 2 is 2.17 bits per heavy atom. The summed E-state index contributed by atoms with van der Waals surface area (Å²) in [7, 11) is 1.85. The van der Waals surface area contributed by atoms with Crippen LogP contribution < -0.4 is 4.90 Å². The fourth-order valence-electron chi connectivity index (χ4n) is 3.04. The number of hydrogen-bond donors (Lipinski definition) is 0. The zero-order valence-electron chi connectivity index (χ0n) is 9.90. The van der Waals surface area contributed by atoms with E-state index >= 15 is 0 Å². The van der Waals surface area contributed by atoms with Crippen molar-refractivity contribution in [2.75, 3.05) is 11.9 Å². The maximum atomic E-state index is 12.4. The number of anilines is 1. The molecule has 0 N–H and O–H groups in total. The molecule has 1 aliphatic heterocycles. The lowest BCUT2D eigenvalue weighted by atomic mass is 9.94. The Morgan fingerprint density at radius 1 is 1.39 bits per heavy atom. The van der Waals surface area contributed by atoms with Gasteiger partial charge in [-0.3, -0.25) is 9.78 Å². The van der Waals surface area contributed by atoms with Gasteiger partial charge in [0.2, 0.25) is 5.91 Å². The zero-order chi connectivity index (χ0) is 12.5. The first-order chi connectivity index (χ1) is 8.63. The lowest BCUT2D eigenvalue weighted by molar-refractivity contribution is -0.119. The Labute approximate surface area is 113 Å². The van der Waals surface area contributed by atoms with Crippen LogP contribution in [0.15, 0.2) is 28.9 Å². The van der Waals surface area contributed by atoms with Crippen LogP contribution in [0.25, 0.3) is 10.9 Å². The second kappa shape index (κ2) is 3.12. The Bertz CT molecular complexity index is 706. The number of rotatable bonds is 0.